The van der Waals surface area contributed by atoms with E-state index >= 15 is 0 Å². The number of piperidine rings is 1. The molecular weight excluding hydrogens is 631 g/mol. The normalized spacial score (nSPS) is 26.4. The van der Waals surface area contributed by atoms with E-state index in [9.17, 15) is 19.7 Å². The predicted molar refractivity (Wildman–Crippen MR) is 180 cm³/mol. The summed E-state index contributed by atoms with van der Waals surface area (Å²) in [6.07, 6.45) is 7.53. The highest BCUT2D eigenvalue weighted by Crippen LogP contribution is 2.51. The summed E-state index contributed by atoms with van der Waals surface area (Å²) in [6.45, 7) is 6.82. The zero-order valence-electron chi connectivity index (χ0n) is 26.3. The van der Waals surface area contributed by atoms with Crippen LogP contribution in [0.1, 0.15) is 69.9 Å². The molecule has 3 aliphatic heterocycles. The van der Waals surface area contributed by atoms with Gasteiger partial charge >= 0.3 is 7.12 Å². The van der Waals surface area contributed by atoms with E-state index in [2.05, 4.69) is 65.0 Å². The van der Waals surface area contributed by atoms with Crippen LogP contribution in [0.15, 0.2) is 69.7 Å². The first-order valence-corrected chi connectivity index (χ1v) is 17.4. The highest BCUT2D eigenvalue weighted by molar-refractivity contribution is 9.10. The molecule has 45 heavy (non-hydrogen) atoms. The van der Waals surface area contributed by atoms with Crippen molar-refractivity contribution in [2.24, 2.45) is 17.8 Å². The Balaban J connectivity index is 1.16. The fraction of sp³-hybridized carbons (Fsp3) is 0.500. The molecular formula is C36H44BBrN2O5. The molecule has 0 bridgehead atoms. The van der Waals surface area contributed by atoms with Gasteiger partial charge in [-0.2, -0.15) is 0 Å². The quantitative estimate of drug-likeness (QED) is 0.177. The number of aromatic hydroxyl groups is 1. The Morgan fingerprint density at radius 3 is 2.56 bits per heavy atom. The van der Waals surface area contributed by atoms with E-state index in [1.54, 1.807) is 11.0 Å². The lowest BCUT2D eigenvalue weighted by molar-refractivity contribution is -0.144. The Hall–Kier alpha value is -2.72. The SMILES string of the molecule is CCC/C(=C\c1cc(Br)ccc1O)CC[C@H]1OB(O)C[C@H]2C1=C(C)C[C@H]1C(=O)N(C3CCN(Cc4ccccc4)CC3)C(=O)[C@H]12. The Labute approximate surface area is 275 Å². The first-order valence-electron chi connectivity index (χ1n) is 16.6. The van der Waals surface area contributed by atoms with Gasteiger partial charge in [0.05, 0.1) is 17.9 Å². The average Bonchev–Trinajstić information content (AvgIpc) is 3.27. The molecule has 0 radical (unpaired) electrons. The van der Waals surface area contributed by atoms with Crippen molar-refractivity contribution >= 4 is 40.9 Å². The minimum absolute atomic E-state index is 0.0237. The molecule has 2 amide bonds. The Bertz CT molecular complexity index is 1470. The Kier molecular flexibility index (Phi) is 10.00. The van der Waals surface area contributed by atoms with Crippen molar-refractivity contribution in [2.45, 2.75) is 83.8 Å². The number of allylic oxidation sites excluding steroid dienone is 2. The van der Waals surface area contributed by atoms with Gasteiger partial charge in [0.2, 0.25) is 11.8 Å². The van der Waals surface area contributed by atoms with Crippen LogP contribution in [0, 0.1) is 17.8 Å². The van der Waals surface area contributed by atoms with Gasteiger partial charge in [-0.25, -0.2) is 0 Å². The summed E-state index contributed by atoms with van der Waals surface area (Å²) < 4.78 is 7.07. The molecule has 0 saturated carbocycles. The van der Waals surface area contributed by atoms with Gasteiger partial charge in [0, 0.05) is 35.7 Å². The van der Waals surface area contributed by atoms with E-state index < -0.39 is 13.0 Å². The summed E-state index contributed by atoms with van der Waals surface area (Å²) in [5.41, 5.74) is 5.50. The summed E-state index contributed by atoms with van der Waals surface area (Å²) in [5.74, 6) is -0.803. The smallest absolute Gasteiger partial charge is 0.455 e. The van der Waals surface area contributed by atoms with Crippen LogP contribution >= 0.6 is 15.9 Å². The number of halogens is 1. The highest BCUT2D eigenvalue weighted by Gasteiger charge is 2.58. The van der Waals surface area contributed by atoms with Gasteiger partial charge in [0.15, 0.2) is 0 Å². The summed E-state index contributed by atoms with van der Waals surface area (Å²) in [4.78, 5) is 32.0. The minimum atomic E-state index is -0.971. The first kappa shape index (κ1) is 32.2. The number of rotatable bonds is 9. The molecule has 0 aromatic heterocycles. The van der Waals surface area contributed by atoms with E-state index in [-0.39, 0.29) is 41.5 Å². The summed E-state index contributed by atoms with van der Waals surface area (Å²) >= 11 is 3.50. The Morgan fingerprint density at radius 1 is 1.07 bits per heavy atom. The van der Waals surface area contributed by atoms with E-state index in [0.717, 1.165) is 72.9 Å². The van der Waals surface area contributed by atoms with E-state index in [0.29, 0.717) is 19.2 Å². The number of hydrogen-bond donors (Lipinski definition) is 2. The molecule has 1 aliphatic carbocycles. The molecule has 2 aromatic carbocycles. The third-order valence-corrected chi connectivity index (χ3v) is 10.8. The lowest BCUT2D eigenvalue weighted by Crippen LogP contribution is -2.48. The minimum Gasteiger partial charge on any atom is -0.507 e. The van der Waals surface area contributed by atoms with Gasteiger partial charge in [-0.05, 0) is 87.0 Å². The standard InChI is InChI=1S/C36H44BBrN2O5/c1-3-7-24(19-26-20-27(38)11-12-31(26)41)10-13-32-33-23(2)18-29-34(30(33)21-37(44)45-32)36(43)40(35(29)42)28-14-16-39(17-15-28)22-25-8-5-4-6-9-25/h4-6,8-9,11-12,19-20,28-30,32,34,41,44H,3,7,10,13-18,21-22H2,1-2H3/b24-19+/t29-,30+,32-,34-/m1/s1. The molecule has 7 nitrogen and oxygen atoms in total. The molecule has 3 saturated heterocycles. The topological polar surface area (TPSA) is 90.3 Å². The first-order chi connectivity index (χ1) is 21.7. The maximum absolute atomic E-state index is 14.1. The summed E-state index contributed by atoms with van der Waals surface area (Å²) in [6, 6.07) is 15.8. The van der Waals surface area contributed by atoms with Crippen LogP contribution in [-0.2, 0) is 20.8 Å². The lowest BCUT2D eigenvalue weighted by Gasteiger charge is -2.42. The molecule has 2 aromatic rings. The molecule has 2 N–H and O–H groups in total. The largest absolute Gasteiger partial charge is 0.507 e. The number of hydrogen-bond acceptors (Lipinski definition) is 6. The number of imide groups is 1. The zero-order chi connectivity index (χ0) is 31.7. The molecule has 238 valence electrons. The van der Waals surface area contributed by atoms with Crippen molar-refractivity contribution in [2.75, 3.05) is 13.1 Å². The van der Waals surface area contributed by atoms with Gasteiger partial charge < -0.3 is 14.8 Å². The van der Waals surface area contributed by atoms with Gasteiger partial charge in [0.1, 0.15) is 5.75 Å². The molecule has 6 rings (SSSR count). The molecule has 4 atom stereocenters. The van der Waals surface area contributed by atoms with Gasteiger partial charge in [0.25, 0.3) is 0 Å². The second-order valence-electron chi connectivity index (χ2n) is 13.3. The number of fused-ring (bicyclic) bond motifs is 3. The number of benzene rings is 2. The fourth-order valence-electron chi connectivity index (χ4n) is 8.25. The molecule has 3 fully saturated rings. The van der Waals surface area contributed by atoms with E-state index in [4.69, 9.17) is 4.65 Å². The number of phenolic OH excluding ortho intramolecular Hbond substituents is 1. The van der Waals surface area contributed by atoms with Crippen LogP contribution in [-0.4, -0.2) is 64.1 Å². The van der Waals surface area contributed by atoms with Crippen LogP contribution < -0.4 is 0 Å². The number of likely N-dealkylation sites (tertiary alicyclic amines) is 2. The number of nitrogens with zero attached hydrogens (tertiary/aromatic N) is 2. The van der Waals surface area contributed by atoms with Crippen LogP contribution in [0.3, 0.4) is 0 Å². The van der Waals surface area contributed by atoms with E-state index in [1.165, 1.54) is 11.1 Å². The molecule has 4 aliphatic rings. The van der Waals surface area contributed by atoms with Gasteiger partial charge in [-0.3, -0.25) is 19.4 Å². The average molecular weight is 675 g/mol. The van der Waals surface area contributed by atoms with Crippen LogP contribution in [0.4, 0.5) is 0 Å². The van der Waals surface area contributed by atoms with Crippen LogP contribution in [0.25, 0.3) is 6.08 Å². The third-order valence-electron chi connectivity index (χ3n) is 10.3. The Morgan fingerprint density at radius 2 is 1.82 bits per heavy atom. The maximum atomic E-state index is 14.1. The van der Waals surface area contributed by atoms with Crippen LogP contribution in [0.2, 0.25) is 6.32 Å². The van der Waals surface area contributed by atoms with E-state index in [1.807, 2.05) is 18.2 Å². The highest BCUT2D eigenvalue weighted by atomic mass is 79.9. The number of carbonyl (C=O) groups is 2. The number of phenols is 1. The van der Waals surface area contributed by atoms with Crippen molar-refractivity contribution < 1.29 is 24.4 Å². The monoisotopic (exact) mass is 674 g/mol. The van der Waals surface area contributed by atoms with Gasteiger partial charge in [-0.15, -0.1) is 0 Å². The molecule has 3 heterocycles. The zero-order valence-corrected chi connectivity index (χ0v) is 27.9. The molecule has 0 unspecified atom stereocenters. The molecule has 0 spiro atoms. The number of amides is 2. The van der Waals surface area contributed by atoms with Crippen molar-refractivity contribution in [1.82, 2.24) is 9.80 Å². The van der Waals surface area contributed by atoms with Crippen LogP contribution in [0.5, 0.6) is 5.75 Å². The maximum Gasteiger partial charge on any atom is 0.455 e. The predicted octanol–water partition coefficient (Wildman–Crippen LogP) is 6.60. The lowest BCUT2D eigenvalue weighted by atomic mass is 9.58. The number of carbonyl (C=O) groups excluding carboxylic acids is 2. The second-order valence-corrected chi connectivity index (χ2v) is 14.2. The van der Waals surface area contributed by atoms with Gasteiger partial charge in [-0.1, -0.05) is 76.8 Å². The summed E-state index contributed by atoms with van der Waals surface area (Å²) in [5, 5.41) is 21.3. The van der Waals surface area contributed by atoms with Crippen molar-refractivity contribution in [3.63, 3.8) is 0 Å². The third kappa shape index (κ3) is 6.87. The summed E-state index contributed by atoms with van der Waals surface area (Å²) in [7, 11) is -0.971. The van der Waals surface area contributed by atoms with Crippen molar-refractivity contribution in [3.8, 4) is 5.75 Å². The van der Waals surface area contributed by atoms with Crippen molar-refractivity contribution in [3.05, 3.63) is 80.8 Å². The van der Waals surface area contributed by atoms with Crippen molar-refractivity contribution in [1.29, 1.82) is 0 Å². The molecule has 9 heteroatoms. The second kappa shape index (κ2) is 14.0. The fourth-order valence-corrected chi connectivity index (χ4v) is 8.63.